The van der Waals surface area contributed by atoms with E-state index in [1.54, 1.807) is 12.1 Å². The second kappa shape index (κ2) is 9.27. The summed E-state index contributed by atoms with van der Waals surface area (Å²) in [6.45, 7) is 9.99. The maximum atomic E-state index is 13.4. The van der Waals surface area contributed by atoms with Crippen LogP contribution in [0.5, 0.6) is 0 Å². The van der Waals surface area contributed by atoms with E-state index < -0.39 is 0 Å². The van der Waals surface area contributed by atoms with E-state index in [9.17, 15) is 9.50 Å². The Balaban J connectivity index is 1.63. The van der Waals surface area contributed by atoms with Crippen molar-refractivity contribution in [2.24, 2.45) is 5.92 Å². The number of aryl methyl sites for hydroxylation is 1. The summed E-state index contributed by atoms with van der Waals surface area (Å²) in [5, 5.41) is 9.32. The summed E-state index contributed by atoms with van der Waals surface area (Å²) in [7, 11) is 2.20. The van der Waals surface area contributed by atoms with E-state index in [0.29, 0.717) is 12.0 Å². The quantitative estimate of drug-likeness (QED) is 0.840. The van der Waals surface area contributed by atoms with Crippen LogP contribution in [0.2, 0.25) is 0 Å². The van der Waals surface area contributed by atoms with Crippen LogP contribution in [0, 0.1) is 18.7 Å². The first kappa shape index (κ1) is 19.7. The van der Waals surface area contributed by atoms with Crippen LogP contribution in [-0.2, 0) is 6.54 Å². The Bertz CT molecular complexity index is 574. The summed E-state index contributed by atoms with van der Waals surface area (Å²) in [5.41, 5.74) is 2.27. The Labute approximate surface area is 157 Å². The summed E-state index contributed by atoms with van der Waals surface area (Å²) in [6, 6.07) is 5.78. The van der Waals surface area contributed by atoms with Crippen molar-refractivity contribution in [2.45, 2.75) is 38.8 Å². The Hall–Kier alpha value is -1.01. The number of hydrogen-bond donors (Lipinski definition) is 1. The van der Waals surface area contributed by atoms with Gasteiger partial charge in [0.25, 0.3) is 0 Å². The number of likely N-dealkylation sites (tertiary alicyclic amines) is 1. The van der Waals surface area contributed by atoms with Crippen molar-refractivity contribution in [3.8, 4) is 0 Å². The number of aliphatic hydroxyl groups excluding tert-OH is 1. The van der Waals surface area contributed by atoms with E-state index in [0.717, 1.165) is 64.2 Å². The smallest absolute Gasteiger partial charge is 0.123 e. The molecule has 0 aromatic heterocycles. The fraction of sp³-hybridized carbons (Fsp3) is 0.714. The van der Waals surface area contributed by atoms with Crippen molar-refractivity contribution >= 4 is 0 Å². The molecule has 5 heteroatoms. The zero-order valence-electron chi connectivity index (χ0n) is 16.3. The normalized spacial score (nSPS) is 26.3. The third-order valence-corrected chi connectivity index (χ3v) is 6.22. The van der Waals surface area contributed by atoms with Gasteiger partial charge >= 0.3 is 0 Å². The highest BCUT2D eigenvalue weighted by Gasteiger charge is 2.34. The molecule has 0 amide bonds. The molecule has 0 saturated carbocycles. The van der Waals surface area contributed by atoms with Crippen LogP contribution >= 0.6 is 0 Å². The van der Waals surface area contributed by atoms with Gasteiger partial charge in [0.15, 0.2) is 0 Å². The Kier molecular flexibility index (Phi) is 7.04. The summed E-state index contributed by atoms with van der Waals surface area (Å²) in [4.78, 5) is 7.61. The minimum Gasteiger partial charge on any atom is -0.396 e. The van der Waals surface area contributed by atoms with E-state index >= 15 is 0 Å². The molecule has 146 valence electrons. The van der Waals surface area contributed by atoms with E-state index in [1.165, 1.54) is 12.0 Å². The number of likely N-dealkylation sites (N-methyl/N-ethyl adjacent to an activating group) is 1. The molecule has 2 aliphatic heterocycles. The SMILES string of the molecule is Cc1cc(F)ccc1CN1CC[C@H](N2CCN(C)CC2)[C@H](CCCO)C1. The first-order chi connectivity index (χ1) is 12.6. The molecule has 0 spiro atoms. The number of halogens is 1. The first-order valence-corrected chi connectivity index (χ1v) is 10.1. The zero-order chi connectivity index (χ0) is 18.5. The van der Waals surface area contributed by atoms with Crippen molar-refractivity contribution in [3.63, 3.8) is 0 Å². The molecule has 26 heavy (non-hydrogen) atoms. The second-order valence-corrected chi connectivity index (χ2v) is 8.13. The van der Waals surface area contributed by atoms with Crippen molar-refractivity contribution in [1.29, 1.82) is 0 Å². The lowest BCUT2D eigenvalue weighted by Gasteiger charge is -2.46. The molecule has 0 aliphatic carbocycles. The molecular weight excluding hydrogens is 329 g/mol. The lowest BCUT2D eigenvalue weighted by atomic mass is 9.86. The lowest BCUT2D eigenvalue weighted by molar-refractivity contribution is 0.0211. The van der Waals surface area contributed by atoms with Gasteiger partial charge in [-0.25, -0.2) is 4.39 Å². The average Bonchev–Trinajstić information content (AvgIpc) is 2.63. The van der Waals surface area contributed by atoms with Crippen molar-refractivity contribution in [3.05, 3.63) is 35.1 Å². The summed E-state index contributed by atoms with van der Waals surface area (Å²) >= 11 is 0. The molecule has 4 nitrogen and oxygen atoms in total. The minimum atomic E-state index is -0.152. The minimum absolute atomic E-state index is 0.152. The molecule has 1 aromatic carbocycles. The van der Waals surface area contributed by atoms with Gasteiger partial charge in [0.1, 0.15) is 5.82 Å². The Morgan fingerprint density at radius 3 is 2.62 bits per heavy atom. The van der Waals surface area contributed by atoms with Crippen molar-refractivity contribution in [1.82, 2.24) is 14.7 Å². The molecule has 3 rings (SSSR count). The molecule has 1 N–H and O–H groups in total. The number of piperidine rings is 1. The number of hydrogen-bond acceptors (Lipinski definition) is 4. The molecule has 0 bridgehead atoms. The monoisotopic (exact) mass is 363 g/mol. The van der Waals surface area contributed by atoms with Gasteiger partial charge in [0.2, 0.25) is 0 Å². The maximum Gasteiger partial charge on any atom is 0.123 e. The highest BCUT2D eigenvalue weighted by molar-refractivity contribution is 5.26. The van der Waals surface area contributed by atoms with E-state index in [1.807, 2.05) is 13.0 Å². The van der Waals surface area contributed by atoms with Gasteiger partial charge in [-0.3, -0.25) is 9.80 Å². The van der Waals surface area contributed by atoms with Gasteiger partial charge in [-0.2, -0.15) is 0 Å². The molecule has 1 aromatic rings. The fourth-order valence-corrected chi connectivity index (χ4v) is 4.59. The van der Waals surface area contributed by atoms with Crippen LogP contribution in [-0.4, -0.2) is 78.8 Å². The highest BCUT2D eigenvalue weighted by Crippen LogP contribution is 2.28. The van der Waals surface area contributed by atoms with Crippen LogP contribution in [0.1, 0.15) is 30.4 Å². The number of aliphatic hydroxyl groups is 1. The molecular formula is C21H34FN3O. The van der Waals surface area contributed by atoms with Crippen molar-refractivity contribution < 1.29 is 9.50 Å². The molecule has 0 radical (unpaired) electrons. The van der Waals surface area contributed by atoms with Crippen molar-refractivity contribution in [2.75, 3.05) is 52.9 Å². The standard InChI is InChI=1S/C21H34FN3O/c1-17-14-20(22)6-5-18(17)15-24-8-7-21(19(16-24)4-3-13-26)25-11-9-23(2)10-12-25/h5-6,14,19,21,26H,3-4,7-13,15-16H2,1-2H3/t19-,21+/m1/s1. The Morgan fingerprint density at radius 2 is 1.92 bits per heavy atom. The largest absolute Gasteiger partial charge is 0.396 e. The number of benzene rings is 1. The van der Waals surface area contributed by atoms with Crippen LogP contribution in [0.25, 0.3) is 0 Å². The van der Waals surface area contributed by atoms with Crippen LogP contribution in [0.4, 0.5) is 4.39 Å². The topological polar surface area (TPSA) is 30.0 Å². The van der Waals surface area contributed by atoms with Gasteiger partial charge in [-0.1, -0.05) is 6.07 Å². The third-order valence-electron chi connectivity index (χ3n) is 6.22. The van der Waals surface area contributed by atoms with Gasteiger partial charge < -0.3 is 10.0 Å². The molecule has 2 aliphatic rings. The lowest BCUT2D eigenvalue weighted by Crippen LogP contribution is -2.56. The van der Waals surface area contributed by atoms with Gasteiger partial charge in [-0.05, 0) is 69.0 Å². The van der Waals surface area contributed by atoms with Crippen LogP contribution < -0.4 is 0 Å². The number of nitrogens with zero attached hydrogens (tertiary/aromatic N) is 3. The summed E-state index contributed by atoms with van der Waals surface area (Å²) in [5.74, 6) is 0.459. The highest BCUT2D eigenvalue weighted by atomic mass is 19.1. The summed E-state index contributed by atoms with van der Waals surface area (Å²) < 4.78 is 13.4. The number of rotatable bonds is 6. The number of piperazine rings is 1. The van der Waals surface area contributed by atoms with E-state index in [-0.39, 0.29) is 12.4 Å². The average molecular weight is 364 g/mol. The first-order valence-electron chi connectivity index (χ1n) is 10.1. The predicted molar refractivity (Wildman–Crippen MR) is 104 cm³/mol. The van der Waals surface area contributed by atoms with Crippen LogP contribution in [0.3, 0.4) is 0 Å². The summed E-state index contributed by atoms with van der Waals surface area (Å²) in [6.07, 6.45) is 3.17. The molecule has 2 saturated heterocycles. The third kappa shape index (κ3) is 5.03. The second-order valence-electron chi connectivity index (χ2n) is 8.13. The Morgan fingerprint density at radius 1 is 1.15 bits per heavy atom. The maximum absolute atomic E-state index is 13.4. The molecule has 2 atom stereocenters. The molecule has 0 unspecified atom stereocenters. The van der Waals surface area contributed by atoms with E-state index in [4.69, 9.17) is 0 Å². The predicted octanol–water partition coefficient (Wildman–Crippen LogP) is 2.34. The zero-order valence-corrected chi connectivity index (χ0v) is 16.3. The molecule has 2 fully saturated rings. The fourth-order valence-electron chi connectivity index (χ4n) is 4.59. The van der Waals surface area contributed by atoms with Gasteiger partial charge in [0.05, 0.1) is 0 Å². The molecule has 2 heterocycles. The van der Waals surface area contributed by atoms with E-state index in [2.05, 4.69) is 21.7 Å². The van der Waals surface area contributed by atoms with Gasteiger partial charge in [-0.15, -0.1) is 0 Å². The van der Waals surface area contributed by atoms with Gasteiger partial charge in [0, 0.05) is 51.9 Å². The van der Waals surface area contributed by atoms with Crippen LogP contribution in [0.15, 0.2) is 18.2 Å².